The van der Waals surface area contributed by atoms with Gasteiger partial charge in [-0.2, -0.15) is 0 Å². The van der Waals surface area contributed by atoms with E-state index >= 15 is 0 Å². The molecule has 0 spiro atoms. The van der Waals surface area contributed by atoms with Crippen molar-refractivity contribution in [3.8, 4) is 0 Å². The third kappa shape index (κ3) is 18.7. The Bertz CT molecular complexity index is 89.3. The zero-order valence-corrected chi connectivity index (χ0v) is 8.82. The third-order valence-corrected chi connectivity index (χ3v) is 1.07. The second-order valence-corrected chi connectivity index (χ2v) is 5.61. The van der Waals surface area contributed by atoms with Crippen LogP contribution in [0.15, 0.2) is 0 Å². The van der Waals surface area contributed by atoms with Gasteiger partial charge in [0.2, 0.25) is 0 Å². The zero-order valence-electron chi connectivity index (χ0n) is 8.82. The molecule has 0 radical (unpaired) electrons. The van der Waals surface area contributed by atoms with Crippen molar-refractivity contribution in [3.05, 3.63) is 0 Å². The van der Waals surface area contributed by atoms with E-state index in [4.69, 9.17) is 4.74 Å². The Balaban J connectivity index is -0.000000500. The molecular formula is C12H30O. The fourth-order valence-corrected chi connectivity index (χ4v) is 0.663. The van der Waals surface area contributed by atoms with Gasteiger partial charge in [-0.25, -0.2) is 0 Å². The first kappa shape index (κ1) is 18.7. The van der Waals surface area contributed by atoms with Crippen LogP contribution in [0.3, 0.4) is 0 Å². The maximum absolute atomic E-state index is 5.56. The van der Waals surface area contributed by atoms with E-state index in [1.165, 1.54) is 0 Å². The Morgan fingerprint density at radius 3 is 1.08 bits per heavy atom. The number of hydrogen-bond donors (Lipinski definition) is 0. The first-order valence-electron chi connectivity index (χ1n) is 4.28. The van der Waals surface area contributed by atoms with Crippen LogP contribution in [0.1, 0.15) is 56.4 Å². The predicted molar refractivity (Wildman–Crippen MR) is 63.2 cm³/mol. The molecule has 0 heterocycles. The summed E-state index contributed by atoms with van der Waals surface area (Å²) in [5.74, 6) is 0. The fourth-order valence-electron chi connectivity index (χ4n) is 0.663. The van der Waals surface area contributed by atoms with E-state index in [0.29, 0.717) is 10.8 Å². The number of rotatable bonds is 2. The summed E-state index contributed by atoms with van der Waals surface area (Å²) >= 11 is 0. The molecule has 0 N–H and O–H groups in total. The summed E-state index contributed by atoms with van der Waals surface area (Å²) in [5, 5.41) is 0. The van der Waals surface area contributed by atoms with E-state index in [-0.39, 0.29) is 14.9 Å². The van der Waals surface area contributed by atoms with Crippen molar-refractivity contribution in [2.75, 3.05) is 13.2 Å². The summed E-state index contributed by atoms with van der Waals surface area (Å²) in [6.45, 7) is 14.8. The molecule has 0 unspecified atom stereocenters. The summed E-state index contributed by atoms with van der Waals surface area (Å²) in [6.07, 6.45) is 0. The topological polar surface area (TPSA) is 9.23 Å². The van der Waals surface area contributed by atoms with Gasteiger partial charge in [0.15, 0.2) is 0 Å². The molecule has 0 saturated heterocycles. The number of hydrogen-bond acceptors (Lipinski definition) is 1. The van der Waals surface area contributed by atoms with Crippen molar-refractivity contribution in [1.29, 1.82) is 0 Å². The van der Waals surface area contributed by atoms with Crippen molar-refractivity contribution in [3.63, 3.8) is 0 Å². The normalized spacial score (nSPS) is 11.5. The molecule has 0 aromatic carbocycles. The van der Waals surface area contributed by atoms with Gasteiger partial charge in [0, 0.05) is 0 Å². The Morgan fingerprint density at radius 2 is 0.923 bits per heavy atom. The largest absolute Gasteiger partial charge is 0.380 e. The molecule has 84 valence electrons. The lowest BCUT2D eigenvalue weighted by molar-refractivity contribution is 0.0275. The maximum atomic E-state index is 5.56. The highest BCUT2D eigenvalue weighted by atomic mass is 16.5. The monoisotopic (exact) mass is 190 g/mol. The van der Waals surface area contributed by atoms with Crippen LogP contribution >= 0.6 is 0 Å². The molecular weight excluding hydrogens is 160 g/mol. The lowest BCUT2D eigenvalue weighted by Gasteiger charge is -2.23. The molecule has 13 heavy (non-hydrogen) atoms. The van der Waals surface area contributed by atoms with E-state index in [1.807, 2.05) is 0 Å². The van der Waals surface area contributed by atoms with Gasteiger partial charge in [0.05, 0.1) is 13.2 Å². The Labute approximate surface area is 85.9 Å². The molecule has 0 aromatic heterocycles. The van der Waals surface area contributed by atoms with Crippen molar-refractivity contribution in [1.82, 2.24) is 0 Å². The highest BCUT2D eigenvalue weighted by Gasteiger charge is 2.14. The molecule has 0 aromatic rings. The van der Waals surface area contributed by atoms with Gasteiger partial charge in [-0.1, -0.05) is 56.4 Å². The van der Waals surface area contributed by atoms with Crippen LogP contribution in [0, 0.1) is 10.8 Å². The molecule has 1 nitrogen and oxygen atoms in total. The molecule has 1 heteroatoms. The van der Waals surface area contributed by atoms with Crippen molar-refractivity contribution in [2.24, 2.45) is 10.8 Å². The van der Waals surface area contributed by atoms with Gasteiger partial charge >= 0.3 is 0 Å². The molecule has 0 atom stereocenters. The predicted octanol–water partition coefficient (Wildman–Crippen LogP) is 4.37. The minimum absolute atomic E-state index is 0. The quantitative estimate of drug-likeness (QED) is 0.628. The summed E-state index contributed by atoms with van der Waals surface area (Å²) in [5.41, 5.74) is 0.594. The van der Waals surface area contributed by atoms with Gasteiger partial charge < -0.3 is 4.74 Å². The van der Waals surface area contributed by atoms with Gasteiger partial charge in [0.25, 0.3) is 0 Å². The van der Waals surface area contributed by atoms with Crippen LogP contribution in [-0.4, -0.2) is 13.2 Å². The third-order valence-electron chi connectivity index (χ3n) is 1.07. The summed E-state index contributed by atoms with van der Waals surface area (Å²) < 4.78 is 5.56. The summed E-state index contributed by atoms with van der Waals surface area (Å²) in [7, 11) is 0. The zero-order chi connectivity index (χ0) is 9.12. The van der Waals surface area contributed by atoms with Gasteiger partial charge in [0.1, 0.15) is 0 Å². The minimum Gasteiger partial charge on any atom is -0.380 e. The maximum Gasteiger partial charge on any atom is 0.0514 e. The van der Waals surface area contributed by atoms with Crippen LogP contribution in [-0.2, 0) is 4.74 Å². The minimum atomic E-state index is 0. The van der Waals surface area contributed by atoms with Crippen molar-refractivity contribution >= 4 is 0 Å². The highest BCUT2D eigenvalue weighted by molar-refractivity contribution is 4.63. The standard InChI is InChI=1S/C10H22O.2CH4/c1-9(2,3)7-11-8-10(4,5)6;;/h7-8H2,1-6H3;2*1H4. The lowest BCUT2D eigenvalue weighted by atomic mass is 9.97. The second kappa shape index (κ2) is 6.42. The number of ether oxygens (including phenoxy) is 1. The smallest absolute Gasteiger partial charge is 0.0514 e. The van der Waals surface area contributed by atoms with Crippen LogP contribution < -0.4 is 0 Å². The fraction of sp³-hybridized carbons (Fsp3) is 1.00. The Kier molecular flexibility index (Phi) is 9.23. The molecule has 0 fully saturated rings. The SMILES string of the molecule is C.C.CC(C)(C)COCC(C)(C)C. The van der Waals surface area contributed by atoms with E-state index in [9.17, 15) is 0 Å². The first-order valence-corrected chi connectivity index (χ1v) is 4.28. The van der Waals surface area contributed by atoms with Crippen molar-refractivity contribution < 1.29 is 4.74 Å². The van der Waals surface area contributed by atoms with Gasteiger partial charge in [-0.15, -0.1) is 0 Å². The van der Waals surface area contributed by atoms with E-state index in [1.54, 1.807) is 0 Å². The molecule has 0 saturated carbocycles. The molecule has 0 rings (SSSR count). The average molecular weight is 190 g/mol. The Hall–Kier alpha value is -0.0400. The van der Waals surface area contributed by atoms with Gasteiger partial charge in [-0.05, 0) is 10.8 Å². The lowest BCUT2D eigenvalue weighted by Crippen LogP contribution is -2.21. The second-order valence-electron chi connectivity index (χ2n) is 5.61. The average Bonchev–Trinajstić information content (AvgIpc) is 1.55. The summed E-state index contributed by atoms with van der Waals surface area (Å²) in [6, 6.07) is 0. The molecule has 0 aliphatic heterocycles. The van der Waals surface area contributed by atoms with E-state index in [2.05, 4.69) is 41.5 Å². The molecule has 0 bridgehead atoms. The van der Waals surface area contributed by atoms with Crippen LogP contribution in [0.25, 0.3) is 0 Å². The Morgan fingerprint density at radius 1 is 0.692 bits per heavy atom. The highest BCUT2D eigenvalue weighted by Crippen LogP contribution is 2.17. The molecule has 0 aliphatic rings. The summed E-state index contributed by atoms with van der Waals surface area (Å²) in [4.78, 5) is 0. The first-order chi connectivity index (χ1) is 4.71. The van der Waals surface area contributed by atoms with Crippen LogP contribution in [0.2, 0.25) is 0 Å². The van der Waals surface area contributed by atoms with Gasteiger partial charge in [-0.3, -0.25) is 0 Å². The molecule has 0 amide bonds. The van der Waals surface area contributed by atoms with Crippen LogP contribution in [0.4, 0.5) is 0 Å². The van der Waals surface area contributed by atoms with Crippen molar-refractivity contribution in [2.45, 2.75) is 56.4 Å². The van der Waals surface area contributed by atoms with Crippen LogP contribution in [0.5, 0.6) is 0 Å². The molecule has 0 aliphatic carbocycles. The van der Waals surface area contributed by atoms with E-state index < -0.39 is 0 Å². The van der Waals surface area contributed by atoms with E-state index in [0.717, 1.165) is 13.2 Å².